The molecule has 2 unspecified atom stereocenters. The number of aliphatic hydroxyl groups is 1. The molecule has 0 amide bonds. The SMILES string of the molecule is CO[C@H]1C[C@H](c2cnc3c(N)ncnn23)O[C@@H]1COP(O)(=S)O[C@@H]1[C@H](O)[C@@H](CO[P+](=O)O)S[C@H]1n1nnc2c(=O)[nH]c(N)nc21. The lowest BCUT2D eigenvalue weighted by Gasteiger charge is -2.27. The topological polar surface area (TPSA) is 295 Å². The molecule has 242 valence electrons. The molecule has 25 heteroatoms. The number of nitrogens with two attached hydrogens (primary N) is 2. The fourth-order valence-electron chi connectivity index (χ4n) is 5.06. The van der Waals surface area contributed by atoms with Crippen molar-refractivity contribution < 1.29 is 42.5 Å². The summed E-state index contributed by atoms with van der Waals surface area (Å²) in [5.74, 6) is -0.0164. The second-order valence-corrected chi connectivity index (χ2v) is 14.7. The number of nitrogens with zero attached hydrogens (tertiary/aromatic N) is 8. The highest BCUT2D eigenvalue weighted by Crippen LogP contribution is 2.54. The second-order valence-electron chi connectivity index (χ2n) is 9.82. The summed E-state index contributed by atoms with van der Waals surface area (Å²) in [5.41, 5.74) is 11.7. The van der Waals surface area contributed by atoms with Gasteiger partial charge in [-0.15, -0.1) is 26.3 Å². The van der Waals surface area contributed by atoms with Crippen molar-refractivity contribution in [3.63, 3.8) is 0 Å². The fraction of sp³-hybridized carbons (Fsp3) is 0.550. The Morgan fingerprint density at radius 1 is 1.31 bits per heavy atom. The highest BCUT2D eigenvalue weighted by molar-refractivity contribution is 8.07. The van der Waals surface area contributed by atoms with Crippen LogP contribution < -0.4 is 17.0 Å². The zero-order valence-corrected chi connectivity index (χ0v) is 26.4. The van der Waals surface area contributed by atoms with E-state index in [0.717, 1.165) is 11.8 Å². The van der Waals surface area contributed by atoms with Gasteiger partial charge in [0.1, 0.15) is 36.6 Å². The number of hydrogen-bond donors (Lipinski definition) is 6. The van der Waals surface area contributed by atoms with Crippen LogP contribution in [-0.2, 0) is 39.4 Å². The zero-order chi connectivity index (χ0) is 32.0. The normalized spacial score (nSPS) is 28.6. The number of fused-ring (bicyclic) bond motifs is 2. The van der Waals surface area contributed by atoms with E-state index < -0.39 is 61.7 Å². The Hall–Kier alpha value is -2.79. The van der Waals surface area contributed by atoms with E-state index >= 15 is 0 Å². The lowest BCUT2D eigenvalue weighted by molar-refractivity contribution is -0.0390. The molecule has 0 bridgehead atoms. The molecule has 4 aromatic rings. The summed E-state index contributed by atoms with van der Waals surface area (Å²) in [6.45, 7) is -4.76. The quantitative estimate of drug-likeness (QED) is 0.101. The van der Waals surface area contributed by atoms with Crippen LogP contribution in [0.25, 0.3) is 16.8 Å². The van der Waals surface area contributed by atoms with Crippen LogP contribution in [0.1, 0.15) is 23.6 Å². The van der Waals surface area contributed by atoms with Gasteiger partial charge in [-0.3, -0.25) is 14.3 Å². The van der Waals surface area contributed by atoms with Gasteiger partial charge in [-0.1, -0.05) is 5.21 Å². The largest absolute Gasteiger partial charge is 0.694 e. The van der Waals surface area contributed by atoms with Crippen LogP contribution in [0.5, 0.6) is 0 Å². The molecule has 21 nitrogen and oxygen atoms in total. The van der Waals surface area contributed by atoms with Crippen LogP contribution >= 0.6 is 26.7 Å². The van der Waals surface area contributed by atoms with Gasteiger partial charge < -0.3 is 35.5 Å². The van der Waals surface area contributed by atoms with Crippen molar-refractivity contribution in [3.8, 4) is 0 Å². The maximum atomic E-state index is 12.3. The predicted molar refractivity (Wildman–Crippen MR) is 158 cm³/mol. The molecular weight excluding hydrogens is 680 g/mol. The number of anilines is 2. The van der Waals surface area contributed by atoms with Gasteiger partial charge in [0.2, 0.25) is 5.95 Å². The van der Waals surface area contributed by atoms with E-state index in [2.05, 4.69) is 35.3 Å². The Morgan fingerprint density at radius 3 is 2.87 bits per heavy atom. The number of imidazole rings is 1. The Labute approximate surface area is 261 Å². The second kappa shape index (κ2) is 12.8. The summed E-state index contributed by atoms with van der Waals surface area (Å²) in [5, 5.41) is 21.3. The molecule has 0 aliphatic carbocycles. The monoisotopic (exact) mass is 706 g/mol. The summed E-state index contributed by atoms with van der Waals surface area (Å²) in [6, 6.07) is 0. The lowest BCUT2D eigenvalue weighted by atomic mass is 10.1. The minimum absolute atomic E-state index is 0.0377. The number of thioether (sulfide) groups is 1. The third-order valence-electron chi connectivity index (χ3n) is 7.10. The number of nitrogen functional groups attached to an aromatic ring is 2. The maximum Gasteiger partial charge on any atom is 0.694 e. The first-order valence-electron chi connectivity index (χ1n) is 13.0. The van der Waals surface area contributed by atoms with Gasteiger partial charge in [-0.05, 0) is 11.8 Å². The first-order chi connectivity index (χ1) is 21.5. The van der Waals surface area contributed by atoms with Crippen molar-refractivity contribution in [2.45, 2.75) is 47.6 Å². The van der Waals surface area contributed by atoms with Crippen LogP contribution in [-0.4, -0.2) is 109 Å². The first kappa shape index (κ1) is 32.2. The van der Waals surface area contributed by atoms with Crippen molar-refractivity contribution in [3.05, 3.63) is 28.6 Å². The summed E-state index contributed by atoms with van der Waals surface area (Å²) in [7, 11) is -1.48. The fourth-order valence-corrected chi connectivity index (χ4v) is 8.40. The van der Waals surface area contributed by atoms with Crippen molar-refractivity contribution in [1.29, 1.82) is 0 Å². The summed E-state index contributed by atoms with van der Waals surface area (Å²) in [4.78, 5) is 47.1. The number of nitrogens with one attached hydrogen (secondary N) is 1. The van der Waals surface area contributed by atoms with Gasteiger partial charge in [0.15, 0.2) is 22.6 Å². The van der Waals surface area contributed by atoms with Crippen LogP contribution in [0, 0.1) is 0 Å². The maximum absolute atomic E-state index is 12.3. The molecule has 2 aliphatic heterocycles. The van der Waals surface area contributed by atoms with Crippen LogP contribution in [0.2, 0.25) is 0 Å². The Kier molecular flexibility index (Phi) is 9.13. The van der Waals surface area contributed by atoms with Gasteiger partial charge in [-0.2, -0.15) is 10.1 Å². The molecule has 2 aliphatic rings. The standard InChI is InChI=1S/C20H25N11O10P2S2/c1-37-9-2-8(7-3-23-17-15(21)24-6-25-30(7)17)40-10(9)4-39-43(36,44)41-14-13(32)11(5-38-42(34)35)45-19(14)31-16-12(28-29-31)18(33)27-20(22)26-16/h3,6,8-11,13-14,19,32H,2,4-5H2,1H3,(H6-,21,22,24,25,26,27,29,33,34,35,36,44)/p+1/t8-,9+,10-,11-,13-,14-,19-,43?/m1/s1. The molecule has 45 heavy (non-hydrogen) atoms. The third kappa shape index (κ3) is 6.44. The minimum Gasteiger partial charge on any atom is -0.389 e. The zero-order valence-electron chi connectivity index (χ0n) is 23.0. The molecule has 2 saturated heterocycles. The Bertz CT molecular complexity index is 1840. The smallest absolute Gasteiger partial charge is 0.389 e. The predicted octanol–water partition coefficient (Wildman–Crippen LogP) is -1.08. The number of aromatic nitrogens is 9. The first-order valence-corrected chi connectivity index (χ1v) is 17.6. The number of aliphatic hydroxyl groups excluding tert-OH is 1. The molecule has 6 rings (SSSR count). The van der Waals surface area contributed by atoms with E-state index in [4.69, 9.17) is 51.2 Å². The van der Waals surface area contributed by atoms with E-state index in [1.54, 1.807) is 6.20 Å². The number of ether oxygens (including phenoxy) is 2. The number of methoxy groups -OCH3 is 1. The average Bonchev–Trinajstić information content (AvgIpc) is 3.76. The van der Waals surface area contributed by atoms with Crippen LogP contribution in [0.15, 0.2) is 17.3 Å². The molecule has 4 aromatic heterocycles. The van der Waals surface area contributed by atoms with E-state index in [9.17, 15) is 19.4 Å². The van der Waals surface area contributed by atoms with Gasteiger partial charge >= 0.3 is 15.0 Å². The van der Waals surface area contributed by atoms with Crippen LogP contribution in [0.3, 0.4) is 0 Å². The molecule has 0 radical (unpaired) electrons. The van der Waals surface area contributed by atoms with Crippen molar-refractivity contribution in [2.75, 3.05) is 31.8 Å². The molecule has 0 spiro atoms. The van der Waals surface area contributed by atoms with E-state index in [1.807, 2.05) is 0 Å². The molecule has 6 heterocycles. The molecule has 9 atom stereocenters. The van der Waals surface area contributed by atoms with Gasteiger partial charge in [0.25, 0.3) is 5.56 Å². The lowest BCUT2D eigenvalue weighted by Crippen LogP contribution is -2.36. The summed E-state index contributed by atoms with van der Waals surface area (Å²) < 4.78 is 41.9. The van der Waals surface area contributed by atoms with E-state index in [0.29, 0.717) is 17.8 Å². The molecular formula is C20H26N11O10P2S2+. The van der Waals surface area contributed by atoms with Gasteiger partial charge in [-0.25, -0.2) is 19.2 Å². The third-order valence-corrected chi connectivity index (χ3v) is 10.5. The van der Waals surface area contributed by atoms with Gasteiger partial charge in [0.05, 0.1) is 36.0 Å². The Morgan fingerprint density at radius 2 is 2.11 bits per heavy atom. The number of H-pyrrole nitrogens is 1. The molecule has 8 N–H and O–H groups in total. The van der Waals surface area contributed by atoms with Gasteiger partial charge in [0, 0.05) is 18.1 Å². The Balaban J connectivity index is 1.20. The van der Waals surface area contributed by atoms with Crippen molar-refractivity contribution >= 4 is 67.1 Å². The summed E-state index contributed by atoms with van der Waals surface area (Å²) >= 11 is 6.30. The number of aromatic amines is 1. The highest BCUT2D eigenvalue weighted by Gasteiger charge is 2.50. The number of hydrogen-bond acceptors (Lipinski definition) is 18. The molecule has 2 fully saturated rings. The van der Waals surface area contributed by atoms with Crippen molar-refractivity contribution in [2.24, 2.45) is 0 Å². The highest BCUT2D eigenvalue weighted by atomic mass is 32.5. The summed E-state index contributed by atoms with van der Waals surface area (Å²) in [6.07, 6.45) is -1.21. The minimum atomic E-state index is -4.13. The van der Waals surface area contributed by atoms with E-state index in [1.165, 1.54) is 22.6 Å². The molecule has 0 aromatic carbocycles. The average molecular weight is 707 g/mol. The molecule has 0 saturated carbocycles. The van der Waals surface area contributed by atoms with E-state index in [-0.39, 0.29) is 36.1 Å². The van der Waals surface area contributed by atoms with Crippen molar-refractivity contribution in [1.82, 2.24) is 44.5 Å². The number of rotatable bonds is 11. The van der Waals surface area contributed by atoms with Crippen LogP contribution in [0.4, 0.5) is 11.8 Å².